The van der Waals surface area contributed by atoms with E-state index in [-0.39, 0.29) is 6.04 Å². The Morgan fingerprint density at radius 1 is 1.20 bits per heavy atom. The number of ether oxygens (including phenoxy) is 2. The summed E-state index contributed by atoms with van der Waals surface area (Å²) in [5, 5.41) is 0. The SMILES string of the molecule is CCC(N)c1ccn(CCOc2ccccc2OC)c1. The summed E-state index contributed by atoms with van der Waals surface area (Å²) < 4.78 is 13.1. The molecule has 0 spiro atoms. The number of methoxy groups -OCH3 is 1. The molecule has 0 aliphatic heterocycles. The molecule has 1 unspecified atom stereocenters. The van der Waals surface area contributed by atoms with Gasteiger partial charge in [-0.05, 0) is 30.2 Å². The van der Waals surface area contributed by atoms with Crippen LogP contribution in [0.2, 0.25) is 0 Å². The van der Waals surface area contributed by atoms with Crippen LogP contribution in [0, 0.1) is 0 Å². The third kappa shape index (κ3) is 3.54. The van der Waals surface area contributed by atoms with Crippen LogP contribution in [0.3, 0.4) is 0 Å². The average molecular weight is 274 g/mol. The number of aromatic nitrogens is 1. The zero-order chi connectivity index (χ0) is 14.4. The van der Waals surface area contributed by atoms with Gasteiger partial charge < -0.3 is 19.8 Å². The van der Waals surface area contributed by atoms with Crippen molar-refractivity contribution in [3.63, 3.8) is 0 Å². The zero-order valence-corrected chi connectivity index (χ0v) is 12.1. The van der Waals surface area contributed by atoms with Gasteiger partial charge in [0.2, 0.25) is 0 Å². The molecule has 2 rings (SSSR count). The second-order valence-corrected chi connectivity index (χ2v) is 4.70. The summed E-state index contributed by atoms with van der Waals surface area (Å²) >= 11 is 0. The number of para-hydroxylation sites is 2. The van der Waals surface area contributed by atoms with E-state index in [1.807, 2.05) is 30.5 Å². The van der Waals surface area contributed by atoms with Gasteiger partial charge in [0.05, 0.1) is 13.7 Å². The van der Waals surface area contributed by atoms with E-state index < -0.39 is 0 Å². The van der Waals surface area contributed by atoms with E-state index in [2.05, 4.69) is 23.8 Å². The topological polar surface area (TPSA) is 49.4 Å². The van der Waals surface area contributed by atoms with Crippen molar-refractivity contribution in [1.29, 1.82) is 0 Å². The number of rotatable bonds is 7. The molecule has 4 heteroatoms. The molecule has 1 atom stereocenters. The van der Waals surface area contributed by atoms with Gasteiger partial charge in [-0.2, -0.15) is 0 Å². The predicted octanol–water partition coefficient (Wildman–Crippen LogP) is 2.99. The van der Waals surface area contributed by atoms with E-state index in [0.717, 1.165) is 24.5 Å². The predicted molar refractivity (Wildman–Crippen MR) is 80.1 cm³/mol. The van der Waals surface area contributed by atoms with Crippen molar-refractivity contribution >= 4 is 0 Å². The van der Waals surface area contributed by atoms with Crippen LogP contribution in [-0.2, 0) is 6.54 Å². The highest BCUT2D eigenvalue weighted by molar-refractivity contribution is 5.39. The molecular weight excluding hydrogens is 252 g/mol. The molecule has 0 bridgehead atoms. The molecule has 20 heavy (non-hydrogen) atoms. The van der Waals surface area contributed by atoms with Gasteiger partial charge in [-0.15, -0.1) is 0 Å². The average Bonchev–Trinajstić information content (AvgIpc) is 2.96. The van der Waals surface area contributed by atoms with Crippen molar-refractivity contribution in [3.8, 4) is 11.5 Å². The fourth-order valence-electron chi connectivity index (χ4n) is 2.05. The zero-order valence-electron chi connectivity index (χ0n) is 12.1. The highest BCUT2D eigenvalue weighted by atomic mass is 16.5. The lowest BCUT2D eigenvalue weighted by atomic mass is 10.1. The quantitative estimate of drug-likeness (QED) is 0.844. The molecule has 1 heterocycles. The van der Waals surface area contributed by atoms with Crippen molar-refractivity contribution in [2.45, 2.75) is 25.9 Å². The lowest BCUT2D eigenvalue weighted by Crippen LogP contribution is -2.09. The van der Waals surface area contributed by atoms with Crippen LogP contribution in [0.25, 0.3) is 0 Å². The number of hydrogen-bond acceptors (Lipinski definition) is 3. The van der Waals surface area contributed by atoms with E-state index >= 15 is 0 Å². The van der Waals surface area contributed by atoms with Crippen molar-refractivity contribution in [1.82, 2.24) is 4.57 Å². The van der Waals surface area contributed by atoms with E-state index in [1.165, 1.54) is 5.56 Å². The molecule has 2 aromatic rings. The Morgan fingerprint density at radius 2 is 1.95 bits per heavy atom. The summed E-state index contributed by atoms with van der Waals surface area (Å²) in [5.41, 5.74) is 7.18. The summed E-state index contributed by atoms with van der Waals surface area (Å²) in [4.78, 5) is 0. The molecule has 0 saturated carbocycles. The van der Waals surface area contributed by atoms with E-state index in [9.17, 15) is 0 Å². The first kappa shape index (κ1) is 14.5. The minimum atomic E-state index is 0.117. The molecule has 0 aliphatic carbocycles. The molecule has 1 aromatic carbocycles. The van der Waals surface area contributed by atoms with Crippen molar-refractivity contribution in [2.75, 3.05) is 13.7 Å². The standard InChI is InChI=1S/C16H22N2O2/c1-3-14(17)13-8-9-18(12-13)10-11-20-16-7-5-4-6-15(16)19-2/h4-9,12,14H,3,10-11,17H2,1-2H3. The second-order valence-electron chi connectivity index (χ2n) is 4.70. The van der Waals surface area contributed by atoms with E-state index in [1.54, 1.807) is 7.11 Å². The first-order valence-corrected chi connectivity index (χ1v) is 6.91. The Hall–Kier alpha value is -1.94. The Labute approximate surface area is 120 Å². The maximum absolute atomic E-state index is 6.00. The highest BCUT2D eigenvalue weighted by Gasteiger charge is 2.05. The normalized spacial score (nSPS) is 12.2. The molecule has 2 N–H and O–H groups in total. The highest BCUT2D eigenvalue weighted by Crippen LogP contribution is 2.25. The Morgan fingerprint density at radius 3 is 2.65 bits per heavy atom. The molecule has 0 saturated heterocycles. The monoisotopic (exact) mass is 274 g/mol. The maximum atomic E-state index is 6.00. The van der Waals surface area contributed by atoms with E-state index in [0.29, 0.717) is 6.61 Å². The fraction of sp³-hybridized carbons (Fsp3) is 0.375. The molecular formula is C16H22N2O2. The summed E-state index contributed by atoms with van der Waals surface area (Å²) in [5.74, 6) is 1.53. The van der Waals surface area contributed by atoms with Gasteiger partial charge >= 0.3 is 0 Å². The second kappa shape index (κ2) is 7.01. The van der Waals surface area contributed by atoms with Crippen LogP contribution in [-0.4, -0.2) is 18.3 Å². The number of benzene rings is 1. The first-order chi connectivity index (χ1) is 9.74. The van der Waals surface area contributed by atoms with Gasteiger partial charge in [-0.1, -0.05) is 19.1 Å². The smallest absolute Gasteiger partial charge is 0.161 e. The molecule has 0 radical (unpaired) electrons. The minimum Gasteiger partial charge on any atom is -0.493 e. The van der Waals surface area contributed by atoms with Crippen LogP contribution in [0.1, 0.15) is 24.9 Å². The number of nitrogens with two attached hydrogens (primary N) is 1. The third-order valence-electron chi connectivity index (χ3n) is 3.32. The van der Waals surface area contributed by atoms with Crippen LogP contribution >= 0.6 is 0 Å². The van der Waals surface area contributed by atoms with Gasteiger partial charge in [0.25, 0.3) is 0 Å². The number of nitrogens with zero attached hydrogens (tertiary/aromatic N) is 1. The van der Waals surface area contributed by atoms with E-state index in [4.69, 9.17) is 15.2 Å². The van der Waals surface area contributed by atoms with Crippen LogP contribution < -0.4 is 15.2 Å². The summed E-state index contributed by atoms with van der Waals surface area (Å²) in [6.45, 7) is 3.47. The third-order valence-corrected chi connectivity index (χ3v) is 3.32. The molecule has 1 aromatic heterocycles. The summed E-state index contributed by atoms with van der Waals surface area (Å²) in [7, 11) is 1.65. The Kier molecular flexibility index (Phi) is 5.07. The van der Waals surface area contributed by atoms with Crippen molar-refractivity contribution in [2.24, 2.45) is 5.73 Å². The van der Waals surface area contributed by atoms with Gasteiger partial charge in [-0.25, -0.2) is 0 Å². The summed E-state index contributed by atoms with van der Waals surface area (Å²) in [6, 6.07) is 9.85. The van der Waals surface area contributed by atoms with Crippen LogP contribution in [0.4, 0.5) is 0 Å². The molecule has 0 aliphatic rings. The molecule has 108 valence electrons. The van der Waals surface area contributed by atoms with Gasteiger partial charge in [0, 0.05) is 18.4 Å². The van der Waals surface area contributed by atoms with Crippen LogP contribution in [0.5, 0.6) is 11.5 Å². The van der Waals surface area contributed by atoms with Gasteiger partial charge in [-0.3, -0.25) is 0 Å². The molecule has 4 nitrogen and oxygen atoms in total. The fourth-order valence-corrected chi connectivity index (χ4v) is 2.05. The Balaban J connectivity index is 1.88. The summed E-state index contributed by atoms with van der Waals surface area (Å²) in [6.07, 6.45) is 5.07. The van der Waals surface area contributed by atoms with Crippen molar-refractivity contribution in [3.05, 3.63) is 48.3 Å². The Bertz CT molecular complexity index is 537. The largest absolute Gasteiger partial charge is 0.493 e. The lowest BCUT2D eigenvalue weighted by Gasteiger charge is -2.10. The first-order valence-electron chi connectivity index (χ1n) is 6.91. The van der Waals surface area contributed by atoms with Gasteiger partial charge in [0.15, 0.2) is 11.5 Å². The minimum absolute atomic E-state index is 0.117. The van der Waals surface area contributed by atoms with Crippen molar-refractivity contribution < 1.29 is 9.47 Å². The van der Waals surface area contributed by atoms with Crippen LogP contribution in [0.15, 0.2) is 42.7 Å². The lowest BCUT2D eigenvalue weighted by molar-refractivity contribution is 0.280. The molecule has 0 fully saturated rings. The maximum Gasteiger partial charge on any atom is 0.161 e. The molecule has 0 amide bonds. The van der Waals surface area contributed by atoms with Gasteiger partial charge in [0.1, 0.15) is 6.61 Å². The number of hydrogen-bond donors (Lipinski definition) is 1.